The van der Waals surface area contributed by atoms with E-state index < -0.39 is 21.7 Å². The second-order valence-electron chi connectivity index (χ2n) is 6.63. The first-order valence-electron chi connectivity index (χ1n) is 9.06. The van der Waals surface area contributed by atoms with Gasteiger partial charge in [-0.1, -0.05) is 31.2 Å². The molecule has 27 heavy (non-hydrogen) atoms. The largest absolute Gasteiger partial charge is 0.349 e. The quantitative estimate of drug-likeness (QED) is 0.854. The summed E-state index contributed by atoms with van der Waals surface area (Å²) in [4.78, 5) is 12.5. The predicted octanol–water partition coefficient (Wildman–Crippen LogP) is 2.97. The van der Waals surface area contributed by atoms with Gasteiger partial charge in [0.25, 0.3) is 5.91 Å². The van der Waals surface area contributed by atoms with Crippen LogP contribution < -0.4 is 5.32 Å². The maximum absolute atomic E-state index is 13.7. The van der Waals surface area contributed by atoms with Crippen LogP contribution in [0.1, 0.15) is 35.7 Å². The van der Waals surface area contributed by atoms with E-state index in [-0.39, 0.29) is 16.5 Å². The molecule has 1 fully saturated rings. The maximum Gasteiger partial charge on any atom is 0.254 e. The molecule has 7 heteroatoms. The van der Waals surface area contributed by atoms with Gasteiger partial charge in [0.1, 0.15) is 5.82 Å². The zero-order chi connectivity index (χ0) is 19.4. The van der Waals surface area contributed by atoms with Gasteiger partial charge in [-0.15, -0.1) is 0 Å². The van der Waals surface area contributed by atoms with Crippen molar-refractivity contribution in [1.82, 2.24) is 9.62 Å². The topological polar surface area (TPSA) is 66.5 Å². The van der Waals surface area contributed by atoms with E-state index in [0.29, 0.717) is 25.9 Å². The third-order valence-electron chi connectivity index (χ3n) is 4.88. The van der Waals surface area contributed by atoms with Crippen LogP contribution in [-0.4, -0.2) is 37.8 Å². The second kappa shape index (κ2) is 8.19. The molecule has 0 saturated carbocycles. The van der Waals surface area contributed by atoms with Crippen LogP contribution in [0, 0.1) is 5.82 Å². The Morgan fingerprint density at radius 3 is 2.33 bits per heavy atom. The standard InChI is InChI=1S/C20H23FN2O3S/c1-2-15-7-9-17(10-8-15)27(25,26)23-13-11-16(12-14-23)22-20(24)18-5-3-4-6-19(18)21/h3-10,16H,2,11-14H2,1H3,(H,22,24). The van der Waals surface area contributed by atoms with Gasteiger partial charge in [0.15, 0.2) is 0 Å². The molecular weight excluding hydrogens is 367 g/mol. The molecule has 1 saturated heterocycles. The number of sulfonamides is 1. The fraction of sp³-hybridized carbons (Fsp3) is 0.350. The van der Waals surface area contributed by atoms with Gasteiger partial charge in [0.2, 0.25) is 10.0 Å². The predicted molar refractivity (Wildman–Crippen MR) is 101 cm³/mol. The number of carbonyl (C=O) groups is 1. The zero-order valence-corrected chi connectivity index (χ0v) is 16.0. The fourth-order valence-corrected chi connectivity index (χ4v) is 4.66. The van der Waals surface area contributed by atoms with Gasteiger partial charge in [-0.05, 0) is 49.1 Å². The van der Waals surface area contributed by atoms with Crippen molar-refractivity contribution in [3.63, 3.8) is 0 Å². The van der Waals surface area contributed by atoms with E-state index in [0.717, 1.165) is 12.0 Å². The van der Waals surface area contributed by atoms with Crippen molar-refractivity contribution in [2.24, 2.45) is 0 Å². The van der Waals surface area contributed by atoms with Gasteiger partial charge in [0.05, 0.1) is 10.5 Å². The average molecular weight is 390 g/mol. The van der Waals surface area contributed by atoms with Crippen LogP contribution in [0.25, 0.3) is 0 Å². The normalized spacial score (nSPS) is 16.2. The number of amides is 1. The molecule has 1 aliphatic heterocycles. The Morgan fingerprint density at radius 1 is 1.11 bits per heavy atom. The highest BCUT2D eigenvalue weighted by Crippen LogP contribution is 2.21. The van der Waals surface area contributed by atoms with Crippen LogP contribution in [0.4, 0.5) is 4.39 Å². The number of aryl methyl sites for hydroxylation is 1. The molecule has 0 bridgehead atoms. The van der Waals surface area contributed by atoms with Crippen LogP contribution in [0.15, 0.2) is 53.4 Å². The van der Waals surface area contributed by atoms with Crippen molar-refractivity contribution in [2.45, 2.75) is 37.1 Å². The molecule has 0 atom stereocenters. The first-order valence-corrected chi connectivity index (χ1v) is 10.5. The average Bonchev–Trinajstić information content (AvgIpc) is 2.68. The molecule has 0 aromatic heterocycles. The Hall–Kier alpha value is -2.25. The highest BCUT2D eigenvalue weighted by Gasteiger charge is 2.30. The summed E-state index contributed by atoms with van der Waals surface area (Å²) >= 11 is 0. The Labute approximate surface area is 159 Å². The lowest BCUT2D eigenvalue weighted by atomic mass is 10.1. The van der Waals surface area contributed by atoms with Crippen molar-refractivity contribution >= 4 is 15.9 Å². The number of halogens is 1. The monoisotopic (exact) mass is 390 g/mol. The Balaban J connectivity index is 1.61. The fourth-order valence-electron chi connectivity index (χ4n) is 3.20. The number of rotatable bonds is 5. The number of nitrogens with zero attached hydrogens (tertiary/aromatic N) is 1. The molecular formula is C20H23FN2O3S. The van der Waals surface area contributed by atoms with E-state index in [9.17, 15) is 17.6 Å². The Bertz CT molecular complexity index is 905. The molecule has 2 aromatic rings. The second-order valence-corrected chi connectivity index (χ2v) is 8.57. The van der Waals surface area contributed by atoms with Gasteiger partial charge >= 0.3 is 0 Å². The van der Waals surface area contributed by atoms with Crippen molar-refractivity contribution in [3.8, 4) is 0 Å². The molecule has 0 spiro atoms. The van der Waals surface area contributed by atoms with Gasteiger partial charge in [-0.2, -0.15) is 4.31 Å². The minimum Gasteiger partial charge on any atom is -0.349 e. The molecule has 2 aromatic carbocycles. The number of piperidine rings is 1. The minimum atomic E-state index is -3.54. The van der Waals surface area contributed by atoms with Crippen molar-refractivity contribution in [1.29, 1.82) is 0 Å². The number of hydrogen-bond acceptors (Lipinski definition) is 3. The molecule has 1 amide bonds. The van der Waals surface area contributed by atoms with Crippen LogP contribution in [0.3, 0.4) is 0 Å². The van der Waals surface area contributed by atoms with Crippen LogP contribution >= 0.6 is 0 Å². The molecule has 1 aliphatic rings. The lowest BCUT2D eigenvalue weighted by molar-refractivity contribution is 0.0919. The number of hydrogen-bond donors (Lipinski definition) is 1. The number of benzene rings is 2. The van der Waals surface area contributed by atoms with Gasteiger partial charge < -0.3 is 5.32 Å². The van der Waals surface area contributed by atoms with Gasteiger partial charge in [0, 0.05) is 19.1 Å². The molecule has 0 radical (unpaired) electrons. The lowest BCUT2D eigenvalue weighted by Crippen LogP contribution is -2.46. The minimum absolute atomic E-state index is 0.00330. The Kier molecular flexibility index (Phi) is 5.92. The zero-order valence-electron chi connectivity index (χ0n) is 15.2. The summed E-state index contributed by atoms with van der Waals surface area (Å²) in [5, 5.41) is 2.80. The van der Waals surface area contributed by atoms with E-state index in [2.05, 4.69) is 5.32 Å². The third kappa shape index (κ3) is 4.36. The smallest absolute Gasteiger partial charge is 0.254 e. The maximum atomic E-state index is 13.7. The Morgan fingerprint density at radius 2 is 1.74 bits per heavy atom. The highest BCUT2D eigenvalue weighted by molar-refractivity contribution is 7.89. The first kappa shape index (κ1) is 19.5. The third-order valence-corrected chi connectivity index (χ3v) is 6.79. The summed E-state index contributed by atoms with van der Waals surface area (Å²) in [6.07, 6.45) is 1.84. The lowest BCUT2D eigenvalue weighted by Gasteiger charge is -2.31. The summed E-state index contributed by atoms with van der Waals surface area (Å²) < 4.78 is 40.7. The van der Waals surface area contributed by atoms with E-state index in [4.69, 9.17) is 0 Å². The molecule has 144 valence electrons. The first-order chi connectivity index (χ1) is 12.9. The van der Waals surface area contributed by atoms with Crippen LogP contribution in [0.2, 0.25) is 0 Å². The van der Waals surface area contributed by atoms with Gasteiger partial charge in [-0.25, -0.2) is 12.8 Å². The SMILES string of the molecule is CCc1ccc(S(=O)(=O)N2CCC(NC(=O)c3ccccc3F)CC2)cc1. The number of carbonyl (C=O) groups excluding carboxylic acids is 1. The molecule has 5 nitrogen and oxygen atoms in total. The molecule has 1 N–H and O–H groups in total. The van der Waals surface area contributed by atoms with Crippen molar-refractivity contribution < 1.29 is 17.6 Å². The van der Waals surface area contributed by atoms with Crippen LogP contribution in [-0.2, 0) is 16.4 Å². The summed E-state index contributed by atoms with van der Waals surface area (Å²) in [7, 11) is -3.54. The molecule has 0 unspecified atom stereocenters. The van der Waals surface area contributed by atoms with Crippen molar-refractivity contribution in [3.05, 3.63) is 65.5 Å². The number of nitrogens with one attached hydrogen (secondary N) is 1. The van der Waals surface area contributed by atoms with E-state index in [1.54, 1.807) is 18.2 Å². The van der Waals surface area contributed by atoms with Gasteiger partial charge in [-0.3, -0.25) is 4.79 Å². The molecule has 0 aliphatic carbocycles. The summed E-state index contributed by atoms with van der Waals surface area (Å²) in [6.45, 7) is 2.66. The van der Waals surface area contributed by atoms with E-state index >= 15 is 0 Å². The molecule has 1 heterocycles. The van der Waals surface area contributed by atoms with E-state index in [1.165, 1.54) is 22.5 Å². The summed E-state index contributed by atoms with van der Waals surface area (Å²) in [5.41, 5.74) is 1.09. The van der Waals surface area contributed by atoms with E-state index in [1.807, 2.05) is 19.1 Å². The summed E-state index contributed by atoms with van der Waals surface area (Å²) in [5.74, 6) is -1.03. The highest BCUT2D eigenvalue weighted by atomic mass is 32.2. The van der Waals surface area contributed by atoms with Crippen LogP contribution in [0.5, 0.6) is 0 Å². The molecule has 3 rings (SSSR count). The summed E-state index contributed by atoms with van der Waals surface area (Å²) in [6, 6.07) is 12.6. The van der Waals surface area contributed by atoms with Crippen molar-refractivity contribution in [2.75, 3.05) is 13.1 Å².